The Balaban J connectivity index is 2.25. The van der Waals surface area contributed by atoms with E-state index < -0.39 is 0 Å². The van der Waals surface area contributed by atoms with Gasteiger partial charge in [-0.15, -0.1) is 0 Å². The Morgan fingerprint density at radius 2 is 2.00 bits per heavy atom. The Hall–Kier alpha value is -2.25. The number of hydrogen-bond acceptors (Lipinski definition) is 6. The molecule has 2 aromatic rings. The van der Waals surface area contributed by atoms with E-state index in [4.69, 9.17) is 10.6 Å². The molecule has 0 fully saturated rings. The molecule has 4 N–H and O–H groups in total. The highest BCUT2D eigenvalue weighted by atomic mass is 19.1. The molecule has 21 heavy (non-hydrogen) atoms. The van der Waals surface area contributed by atoms with E-state index in [9.17, 15) is 4.39 Å². The molecule has 0 bridgehead atoms. The molecule has 0 saturated heterocycles. The molecule has 1 aromatic heterocycles. The Kier molecular flexibility index (Phi) is 5.02. The molecule has 0 saturated carbocycles. The highest BCUT2D eigenvalue weighted by Crippen LogP contribution is 2.21. The van der Waals surface area contributed by atoms with Gasteiger partial charge in [0.15, 0.2) is 5.82 Å². The Labute approximate surface area is 122 Å². The summed E-state index contributed by atoms with van der Waals surface area (Å²) >= 11 is 0. The summed E-state index contributed by atoms with van der Waals surface area (Å²) < 4.78 is 19.1. The zero-order valence-electron chi connectivity index (χ0n) is 12.0. The van der Waals surface area contributed by atoms with E-state index >= 15 is 0 Å². The number of hydrogen-bond donors (Lipinski definition) is 3. The third kappa shape index (κ3) is 4.11. The molecule has 6 nitrogen and oxygen atoms in total. The molecule has 0 aliphatic heterocycles. The van der Waals surface area contributed by atoms with Gasteiger partial charge in [-0.05, 0) is 31.5 Å². The van der Waals surface area contributed by atoms with Crippen LogP contribution in [0.4, 0.5) is 21.7 Å². The Morgan fingerprint density at radius 1 is 1.24 bits per heavy atom. The van der Waals surface area contributed by atoms with E-state index in [1.807, 2.05) is 19.9 Å². The van der Waals surface area contributed by atoms with Crippen molar-refractivity contribution < 1.29 is 9.13 Å². The lowest BCUT2D eigenvalue weighted by Gasteiger charge is -2.10. The summed E-state index contributed by atoms with van der Waals surface area (Å²) in [6.07, 6.45) is 0. The zero-order valence-corrected chi connectivity index (χ0v) is 12.0. The van der Waals surface area contributed by atoms with E-state index in [-0.39, 0.29) is 12.4 Å². The second-order valence-corrected chi connectivity index (χ2v) is 4.44. The van der Waals surface area contributed by atoms with Crippen LogP contribution in [0.2, 0.25) is 0 Å². The second kappa shape index (κ2) is 6.96. The van der Waals surface area contributed by atoms with Crippen LogP contribution < -0.4 is 16.6 Å². The van der Waals surface area contributed by atoms with Crippen LogP contribution in [0.15, 0.2) is 24.3 Å². The maximum Gasteiger partial charge on any atom is 0.158 e. The van der Waals surface area contributed by atoms with Gasteiger partial charge in [0, 0.05) is 12.7 Å². The fourth-order valence-electron chi connectivity index (χ4n) is 1.75. The molecular weight excluding hydrogens is 273 g/mol. The third-order valence-electron chi connectivity index (χ3n) is 2.74. The van der Waals surface area contributed by atoms with E-state index in [2.05, 4.69) is 20.7 Å². The number of nitrogens with two attached hydrogens (primary N) is 1. The predicted octanol–water partition coefficient (Wildman–Crippen LogP) is 2.49. The van der Waals surface area contributed by atoms with Crippen LogP contribution in [0.3, 0.4) is 0 Å². The van der Waals surface area contributed by atoms with E-state index in [1.165, 1.54) is 6.07 Å². The maximum atomic E-state index is 13.9. The normalized spacial score (nSPS) is 10.5. The smallest absolute Gasteiger partial charge is 0.158 e. The number of ether oxygens (including phenoxy) is 1. The number of nitrogens with zero attached hydrogens (tertiary/aromatic N) is 2. The first-order valence-corrected chi connectivity index (χ1v) is 6.58. The first-order chi connectivity index (χ1) is 10.1. The molecule has 1 aromatic carbocycles. The minimum Gasteiger partial charge on any atom is -0.374 e. The Bertz CT molecular complexity index is 620. The van der Waals surface area contributed by atoms with Gasteiger partial charge in [-0.2, -0.15) is 0 Å². The highest BCUT2D eigenvalue weighted by Gasteiger charge is 2.07. The number of rotatable bonds is 6. The van der Waals surface area contributed by atoms with Crippen molar-refractivity contribution >= 4 is 17.3 Å². The van der Waals surface area contributed by atoms with Crippen LogP contribution in [0, 0.1) is 12.7 Å². The number of nitrogen functional groups attached to an aromatic ring is 1. The standard InChI is InChI=1S/C14H18FN5O/c1-3-21-8-14-18-12(7-13(19-14)20-16)17-11-5-4-9(2)6-10(11)15/h4-7H,3,8,16H2,1-2H3,(H2,17,18,19,20). The van der Waals surface area contributed by atoms with Crippen molar-refractivity contribution in [3.63, 3.8) is 0 Å². The van der Waals surface area contributed by atoms with Gasteiger partial charge in [-0.1, -0.05) is 6.07 Å². The van der Waals surface area contributed by atoms with Crippen molar-refractivity contribution in [1.29, 1.82) is 0 Å². The van der Waals surface area contributed by atoms with Crippen molar-refractivity contribution in [2.24, 2.45) is 5.84 Å². The summed E-state index contributed by atoms with van der Waals surface area (Å²) in [5.74, 6) is 6.36. The molecule has 112 valence electrons. The summed E-state index contributed by atoms with van der Waals surface area (Å²) in [5.41, 5.74) is 3.64. The van der Waals surface area contributed by atoms with E-state index in [0.29, 0.717) is 29.8 Å². The fourth-order valence-corrected chi connectivity index (χ4v) is 1.75. The summed E-state index contributed by atoms with van der Waals surface area (Å²) in [6, 6.07) is 6.52. The predicted molar refractivity (Wildman–Crippen MR) is 79.6 cm³/mol. The number of aryl methyl sites for hydroxylation is 1. The van der Waals surface area contributed by atoms with Gasteiger partial charge in [0.25, 0.3) is 0 Å². The van der Waals surface area contributed by atoms with E-state index in [1.54, 1.807) is 12.1 Å². The molecule has 1 heterocycles. The molecule has 0 radical (unpaired) electrons. The average molecular weight is 291 g/mol. The van der Waals surface area contributed by atoms with Crippen molar-refractivity contribution in [3.05, 3.63) is 41.5 Å². The van der Waals surface area contributed by atoms with Gasteiger partial charge in [0.05, 0.1) is 5.69 Å². The van der Waals surface area contributed by atoms with Gasteiger partial charge in [0.1, 0.15) is 24.1 Å². The van der Waals surface area contributed by atoms with Crippen molar-refractivity contribution in [1.82, 2.24) is 9.97 Å². The summed E-state index contributed by atoms with van der Waals surface area (Å²) in [6.45, 7) is 4.52. The molecule has 0 spiro atoms. The first-order valence-electron chi connectivity index (χ1n) is 6.58. The van der Waals surface area contributed by atoms with Crippen LogP contribution in [-0.2, 0) is 11.3 Å². The van der Waals surface area contributed by atoms with Gasteiger partial charge >= 0.3 is 0 Å². The Morgan fingerprint density at radius 3 is 2.67 bits per heavy atom. The van der Waals surface area contributed by atoms with Crippen molar-refractivity contribution in [2.75, 3.05) is 17.3 Å². The van der Waals surface area contributed by atoms with Crippen LogP contribution in [0.1, 0.15) is 18.3 Å². The molecule has 2 rings (SSSR count). The fraction of sp³-hybridized carbons (Fsp3) is 0.286. The quantitative estimate of drug-likeness (QED) is 0.560. The monoisotopic (exact) mass is 291 g/mol. The zero-order chi connectivity index (χ0) is 15.2. The maximum absolute atomic E-state index is 13.9. The minimum atomic E-state index is -0.345. The average Bonchev–Trinajstić information content (AvgIpc) is 2.48. The van der Waals surface area contributed by atoms with Crippen LogP contribution in [0.5, 0.6) is 0 Å². The number of benzene rings is 1. The largest absolute Gasteiger partial charge is 0.374 e. The number of nitrogens with one attached hydrogen (secondary N) is 2. The molecule has 0 atom stereocenters. The first kappa shape index (κ1) is 15.1. The molecule has 0 amide bonds. The summed E-state index contributed by atoms with van der Waals surface area (Å²) in [4.78, 5) is 8.43. The number of halogens is 1. The van der Waals surface area contributed by atoms with Gasteiger partial charge in [-0.25, -0.2) is 20.2 Å². The topological polar surface area (TPSA) is 85.1 Å². The lowest BCUT2D eigenvalue weighted by atomic mass is 10.2. The molecule has 0 aliphatic carbocycles. The number of aromatic nitrogens is 2. The van der Waals surface area contributed by atoms with Crippen molar-refractivity contribution in [3.8, 4) is 0 Å². The minimum absolute atomic E-state index is 0.261. The molecule has 7 heteroatoms. The van der Waals surface area contributed by atoms with Gasteiger partial charge in [-0.3, -0.25) is 0 Å². The third-order valence-corrected chi connectivity index (χ3v) is 2.74. The van der Waals surface area contributed by atoms with Crippen LogP contribution in [0.25, 0.3) is 0 Å². The second-order valence-electron chi connectivity index (χ2n) is 4.44. The lowest BCUT2D eigenvalue weighted by Crippen LogP contribution is -2.12. The highest BCUT2D eigenvalue weighted by molar-refractivity contribution is 5.60. The molecule has 0 unspecified atom stereocenters. The molecular formula is C14H18FN5O. The van der Waals surface area contributed by atoms with E-state index in [0.717, 1.165) is 5.56 Å². The van der Waals surface area contributed by atoms with Crippen LogP contribution in [-0.4, -0.2) is 16.6 Å². The summed E-state index contributed by atoms with van der Waals surface area (Å²) in [7, 11) is 0. The van der Waals surface area contributed by atoms with Gasteiger partial charge < -0.3 is 15.5 Å². The van der Waals surface area contributed by atoms with Crippen LogP contribution >= 0.6 is 0 Å². The van der Waals surface area contributed by atoms with Gasteiger partial charge in [0.2, 0.25) is 0 Å². The SMILES string of the molecule is CCOCc1nc(NN)cc(Nc2ccc(C)cc2F)n1. The molecule has 0 aliphatic rings. The lowest BCUT2D eigenvalue weighted by molar-refractivity contribution is 0.128. The number of hydrazine groups is 1. The number of anilines is 3. The summed E-state index contributed by atoms with van der Waals surface area (Å²) in [5, 5.41) is 2.91. The van der Waals surface area contributed by atoms with Crippen molar-refractivity contribution in [2.45, 2.75) is 20.5 Å².